The Morgan fingerprint density at radius 1 is 0.875 bits per heavy atom. The van der Waals surface area contributed by atoms with Crippen molar-refractivity contribution in [2.24, 2.45) is 5.92 Å². The smallest absolute Gasteiger partial charge is 0.228 e. The molecule has 170 valence electrons. The number of rotatable bonds is 4. The molecule has 2 amide bonds. The monoisotopic (exact) mass is 454 g/mol. The second-order valence-electron chi connectivity index (χ2n) is 8.80. The van der Waals surface area contributed by atoms with Crippen LogP contribution in [0.15, 0.2) is 30.3 Å². The third-order valence-electron chi connectivity index (χ3n) is 6.71. The van der Waals surface area contributed by atoms with Gasteiger partial charge in [0.1, 0.15) is 0 Å². The first-order valence-corrected chi connectivity index (χ1v) is 12.5. The predicted molar refractivity (Wildman–Crippen MR) is 126 cm³/mol. The molecule has 3 aliphatic heterocycles. The molecule has 9 heteroatoms. The summed E-state index contributed by atoms with van der Waals surface area (Å²) in [6, 6.07) is 10.4. The molecule has 2 aromatic rings. The van der Waals surface area contributed by atoms with Crippen LogP contribution in [-0.4, -0.2) is 72.7 Å². The van der Waals surface area contributed by atoms with Gasteiger partial charge in [-0.1, -0.05) is 29.5 Å². The van der Waals surface area contributed by atoms with Crippen LogP contribution in [-0.2, 0) is 9.59 Å². The lowest BCUT2D eigenvalue weighted by atomic mass is 9.96. The number of carbonyl (C=O) groups is 2. The van der Waals surface area contributed by atoms with E-state index in [1.807, 2.05) is 11.0 Å². The zero-order chi connectivity index (χ0) is 21.9. The van der Waals surface area contributed by atoms with Crippen LogP contribution in [0, 0.1) is 5.92 Å². The van der Waals surface area contributed by atoms with Gasteiger partial charge in [0.25, 0.3) is 0 Å². The van der Waals surface area contributed by atoms with Crippen LogP contribution in [0.5, 0.6) is 0 Å². The molecule has 1 atom stereocenters. The number of hydrogen-bond acceptors (Lipinski definition) is 7. The molecule has 4 heterocycles. The minimum atomic E-state index is -0.00371. The van der Waals surface area contributed by atoms with Gasteiger partial charge in [-0.15, -0.1) is 10.2 Å². The van der Waals surface area contributed by atoms with Gasteiger partial charge < -0.3 is 14.7 Å². The first-order chi connectivity index (χ1) is 15.7. The summed E-state index contributed by atoms with van der Waals surface area (Å²) in [5.41, 5.74) is 1.22. The summed E-state index contributed by atoms with van der Waals surface area (Å²) in [4.78, 5) is 33.8. The number of para-hydroxylation sites is 1. The molecule has 0 N–H and O–H groups in total. The zero-order valence-corrected chi connectivity index (χ0v) is 19.2. The van der Waals surface area contributed by atoms with Crippen LogP contribution in [0.25, 0.3) is 0 Å². The van der Waals surface area contributed by atoms with Crippen molar-refractivity contribution < 1.29 is 9.59 Å². The Bertz CT molecular complexity index is 943. The fourth-order valence-corrected chi connectivity index (χ4v) is 5.81. The number of benzene rings is 1. The van der Waals surface area contributed by atoms with Crippen LogP contribution in [0.4, 0.5) is 16.0 Å². The van der Waals surface area contributed by atoms with Crippen molar-refractivity contribution in [3.8, 4) is 0 Å². The second kappa shape index (κ2) is 9.44. The number of hydrogen-bond donors (Lipinski definition) is 0. The van der Waals surface area contributed by atoms with E-state index in [-0.39, 0.29) is 17.7 Å². The quantitative estimate of drug-likeness (QED) is 0.707. The van der Waals surface area contributed by atoms with Gasteiger partial charge >= 0.3 is 0 Å². The molecule has 1 unspecified atom stereocenters. The number of piperazine rings is 1. The highest BCUT2D eigenvalue weighted by Gasteiger charge is 2.33. The van der Waals surface area contributed by atoms with Gasteiger partial charge in [-0.3, -0.25) is 14.5 Å². The zero-order valence-electron chi connectivity index (χ0n) is 18.4. The van der Waals surface area contributed by atoms with E-state index in [9.17, 15) is 9.59 Å². The first kappa shape index (κ1) is 21.2. The summed E-state index contributed by atoms with van der Waals surface area (Å²) in [7, 11) is 0. The average Bonchev–Trinajstić information content (AvgIpc) is 3.35. The topological polar surface area (TPSA) is 72.9 Å². The molecule has 0 spiro atoms. The highest BCUT2D eigenvalue weighted by molar-refractivity contribution is 7.19. The van der Waals surface area contributed by atoms with Gasteiger partial charge in [0.05, 0.1) is 5.92 Å². The van der Waals surface area contributed by atoms with E-state index >= 15 is 0 Å². The van der Waals surface area contributed by atoms with Crippen molar-refractivity contribution in [3.63, 3.8) is 0 Å². The maximum Gasteiger partial charge on any atom is 0.228 e. The number of carbonyl (C=O) groups excluding carboxylic acids is 2. The Morgan fingerprint density at radius 2 is 1.66 bits per heavy atom. The number of piperidine rings is 2. The molecular weight excluding hydrogens is 424 g/mol. The fourth-order valence-electron chi connectivity index (χ4n) is 4.89. The van der Waals surface area contributed by atoms with Crippen molar-refractivity contribution in [2.75, 3.05) is 60.5 Å². The van der Waals surface area contributed by atoms with E-state index < -0.39 is 0 Å². The van der Waals surface area contributed by atoms with Gasteiger partial charge in [0.2, 0.25) is 22.1 Å². The summed E-state index contributed by atoms with van der Waals surface area (Å²) in [6.07, 6.45) is 4.45. The van der Waals surface area contributed by atoms with Gasteiger partial charge in [0.15, 0.2) is 0 Å². The molecule has 3 aliphatic rings. The normalized spacial score (nSPS) is 22.4. The third kappa shape index (κ3) is 4.44. The van der Waals surface area contributed by atoms with E-state index in [0.717, 1.165) is 70.1 Å². The lowest BCUT2D eigenvalue weighted by molar-refractivity contribution is -0.136. The Labute approximate surface area is 192 Å². The minimum Gasteiger partial charge on any atom is -0.368 e. The predicted octanol–water partition coefficient (Wildman–Crippen LogP) is 2.62. The summed E-state index contributed by atoms with van der Waals surface area (Å²) in [5, 5.41) is 10.2. The number of aromatic nitrogens is 2. The van der Waals surface area contributed by atoms with Gasteiger partial charge in [-0.25, -0.2) is 0 Å². The average molecular weight is 455 g/mol. The number of anilines is 3. The lowest BCUT2D eigenvalue weighted by Gasteiger charge is -2.39. The van der Waals surface area contributed by atoms with Crippen molar-refractivity contribution in [2.45, 2.75) is 32.1 Å². The van der Waals surface area contributed by atoms with Gasteiger partial charge in [-0.05, 0) is 37.8 Å². The summed E-state index contributed by atoms with van der Waals surface area (Å²) in [6.45, 7) is 5.57. The van der Waals surface area contributed by atoms with Crippen molar-refractivity contribution in [3.05, 3.63) is 30.3 Å². The van der Waals surface area contributed by atoms with Gasteiger partial charge in [0, 0.05) is 57.9 Å². The van der Waals surface area contributed by atoms with Crippen LogP contribution in [0.1, 0.15) is 32.1 Å². The lowest BCUT2D eigenvalue weighted by Crippen LogP contribution is -2.52. The van der Waals surface area contributed by atoms with Crippen molar-refractivity contribution in [1.82, 2.24) is 15.1 Å². The number of nitrogens with zero attached hydrogens (tertiary/aromatic N) is 6. The van der Waals surface area contributed by atoms with Crippen molar-refractivity contribution >= 4 is 39.1 Å². The third-order valence-corrected chi connectivity index (χ3v) is 7.72. The van der Waals surface area contributed by atoms with E-state index in [4.69, 9.17) is 0 Å². The highest BCUT2D eigenvalue weighted by Crippen LogP contribution is 2.32. The van der Waals surface area contributed by atoms with Crippen LogP contribution in [0.3, 0.4) is 0 Å². The molecule has 3 saturated heterocycles. The van der Waals surface area contributed by atoms with E-state index in [2.05, 4.69) is 44.3 Å². The van der Waals surface area contributed by atoms with E-state index in [0.29, 0.717) is 18.1 Å². The molecular formula is C23H30N6O2S. The largest absolute Gasteiger partial charge is 0.368 e. The SMILES string of the molecule is O=C(C1CCCN(c2nnc(N3CCCCC3=O)s2)C1)N1CCN(c2ccccc2)CC1. The molecule has 5 rings (SSSR count). The molecule has 1 aromatic heterocycles. The standard InChI is InChI=1S/C23H30N6O2S/c30-20-10-4-5-12-29(20)23-25-24-22(32-23)28-11-6-7-18(17-28)21(31)27-15-13-26(14-16-27)19-8-2-1-3-9-19/h1-3,8-9,18H,4-7,10-17H2. The Kier molecular flexibility index (Phi) is 6.25. The van der Waals surface area contributed by atoms with E-state index in [1.165, 1.54) is 17.0 Å². The highest BCUT2D eigenvalue weighted by atomic mass is 32.1. The molecule has 8 nitrogen and oxygen atoms in total. The van der Waals surface area contributed by atoms with E-state index in [1.54, 1.807) is 4.90 Å². The molecule has 0 bridgehead atoms. The minimum absolute atomic E-state index is 0.00371. The molecule has 0 saturated carbocycles. The Hall–Kier alpha value is -2.68. The molecule has 32 heavy (non-hydrogen) atoms. The molecule has 1 aromatic carbocycles. The summed E-state index contributed by atoms with van der Waals surface area (Å²) < 4.78 is 0. The van der Waals surface area contributed by atoms with Gasteiger partial charge in [-0.2, -0.15) is 0 Å². The molecule has 0 aliphatic carbocycles. The summed E-state index contributed by atoms with van der Waals surface area (Å²) >= 11 is 1.47. The van der Waals surface area contributed by atoms with Crippen LogP contribution < -0.4 is 14.7 Å². The van der Waals surface area contributed by atoms with Crippen LogP contribution in [0.2, 0.25) is 0 Å². The Balaban J connectivity index is 1.18. The molecule has 0 radical (unpaired) electrons. The Morgan fingerprint density at radius 3 is 2.44 bits per heavy atom. The maximum absolute atomic E-state index is 13.3. The van der Waals surface area contributed by atoms with Crippen molar-refractivity contribution in [1.29, 1.82) is 0 Å². The first-order valence-electron chi connectivity index (χ1n) is 11.7. The molecule has 3 fully saturated rings. The second-order valence-corrected chi connectivity index (χ2v) is 9.74. The fraction of sp³-hybridized carbons (Fsp3) is 0.565. The maximum atomic E-state index is 13.3. The summed E-state index contributed by atoms with van der Waals surface area (Å²) in [5.74, 6) is 0.398. The number of amides is 2. The van der Waals surface area contributed by atoms with Crippen LogP contribution >= 0.6 is 11.3 Å².